The van der Waals surface area contributed by atoms with Gasteiger partial charge < -0.3 is 4.90 Å². The minimum absolute atomic E-state index is 0. The molecule has 3 rings (SSSR count). The Morgan fingerprint density at radius 3 is 2.48 bits per heavy atom. The summed E-state index contributed by atoms with van der Waals surface area (Å²) in [6.07, 6.45) is 0.435. The van der Waals surface area contributed by atoms with E-state index in [1.807, 2.05) is 56.6 Å². The lowest BCUT2D eigenvalue weighted by Gasteiger charge is -2.22. The summed E-state index contributed by atoms with van der Waals surface area (Å²) in [4.78, 5) is 22.5. The molecule has 0 atom stereocenters. The van der Waals surface area contributed by atoms with Crippen molar-refractivity contribution in [3.05, 3.63) is 52.5 Å². The number of rotatable bonds is 8. The Bertz CT molecular complexity index is 948. The van der Waals surface area contributed by atoms with Crippen LogP contribution < -0.4 is 4.90 Å². The molecule has 0 spiro atoms. The van der Waals surface area contributed by atoms with Gasteiger partial charge in [0, 0.05) is 35.2 Å². The molecule has 1 aromatic heterocycles. The van der Waals surface area contributed by atoms with Gasteiger partial charge in [-0.3, -0.25) is 9.69 Å². The summed E-state index contributed by atoms with van der Waals surface area (Å²) >= 11 is 15.3. The first-order valence-corrected chi connectivity index (χ1v) is 11.4. The Morgan fingerprint density at radius 2 is 1.83 bits per heavy atom. The average molecular weight is 491 g/mol. The maximum absolute atomic E-state index is 13.0. The predicted octanol–water partition coefficient (Wildman–Crippen LogP) is 6.10. The van der Waals surface area contributed by atoms with Gasteiger partial charge >= 0.3 is 0 Å². The number of benzene rings is 2. The van der Waals surface area contributed by atoms with Crippen molar-refractivity contribution < 1.29 is 4.79 Å². The van der Waals surface area contributed by atoms with Crippen LogP contribution in [0.5, 0.6) is 0 Å². The lowest BCUT2D eigenvalue weighted by molar-refractivity contribution is -0.118. The standard InChI is InChI=1S/C20H21Cl2N3OS2.ClH/c1-24(2)11-12-25(20-23-19-16(22)4-3-5-17(19)28-20)18(26)10-13-27-15-8-6-14(21)7-9-15;/h3-9H,10-13H2,1-2H3;1H. The molecular formula is C20H22Cl3N3OS2. The van der Waals surface area contributed by atoms with E-state index in [-0.39, 0.29) is 18.3 Å². The van der Waals surface area contributed by atoms with E-state index in [1.54, 1.807) is 16.7 Å². The highest BCUT2D eigenvalue weighted by Crippen LogP contribution is 2.33. The maximum Gasteiger partial charge on any atom is 0.229 e. The Hall–Kier alpha value is -1.02. The summed E-state index contributed by atoms with van der Waals surface area (Å²) in [5, 5.41) is 2.02. The average Bonchev–Trinajstić information content (AvgIpc) is 3.08. The first-order valence-electron chi connectivity index (χ1n) is 8.82. The number of thiazole rings is 1. The topological polar surface area (TPSA) is 36.4 Å². The van der Waals surface area contributed by atoms with Crippen LogP contribution >= 0.6 is 58.7 Å². The zero-order valence-corrected chi connectivity index (χ0v) is 20.1. The molecule has 0 saturated carbocycles. The van der Waals surface area contributed by atoms with Gasteiger partial charge in [-0.2, -0.15) is 0 Å². The van der Waals surface area contributed by atoms with Gasteiger partial charge in [-0.05, 0) is 50.5 Å². The van der Waals surface area contributed by atoms with E-state index < -0.39 is 0 Å². The fourth-order valence-electron chi connectivity index (χ4n) is 2.57. The van der Waals surface area contributed by atoms with Crippen molar-refractivity contribution in [3.8, 4) is 0 Å². The molecule has 0 saturated heterocycles. The van der Waals surface area contributed by atoms with Crippen LogP contribution in [0, 0.1) is 0 Å². The third-order valence-electron chi connectivity index (χ3n) is 4.06. The van der Waals surface area contributed by atoms with Crippen molar-refractivity contribution >= 4 is 80.0 Å². The molecule has 1 heterocycles. The Kier molecular flexibility index (Phi) is 9.53. The van der Waals surface area contributed by atoms with Gasteiger partial charge in [0.1, 0.15) is 5.52 Å². The van der Waals surface area contributed by atoms with Gasteiger partial charge in [0.2, 0.25) is 5.91 Å². The van der Waals surface area contributed by atoms with E-state index in [9.17, 15) is 4.79 Å². The molecule has 0 unspecified atom stereocenters. The number of anilines is 1. The number of hydrogen-bond donors (Lipinski definition) is 0. The highest BCUT2D eigenvalue weighted by atomic mass is 35.5. The summed E-state index contributed by atoms with van der Waals surface area (Å²) in [5.74, 6) is 0.767. The molecule has 9 heteroatoms. The lowest BCUT2D eigenvalue weighted by Crippen LogP contribution is -2.36. The number of amides is 1. The van der Waals surface area contributed by atoms with E-state index in [0.29, 0.717) is 33.9 Å². The summed E-state index contributed by atoms with van der Waals surface area (Å²) in [6, 6.07) is 13.4. The van der Waals surface area contributed by atoms with Gasteiger partial charge in [0.05, 0.1) is 9.72 Å². The first-order chi connectivity index (χ1) is 13.4. The van der Waals surface area contributed by atoms with Gasteiger partial charge in [-0.15, -0.1) is 24.2 Å². The van der Waals surface area contributed by atoms with Crippen molar-refractivity contribution in [3.63, 3.8) is 0 Å². The van der Waals surface area contributed by atoms with Crippen LogP contribution in [0.1, 0.15) is 6.42 Å². The lowest BCUT2D eigenvalue weighted by atomic mass is 10.3. The number of halogens is 3. The number of thioether (sulfide) groups is 1. The van der Waals surface area contributed by atoms with Crippen LogP contribution in [0.15, 0.2) is 47.4 Å². The monoisotopic (exact) mass is 489 g/mol. The molecule has 0 aliphatic heterocycles. The van der Waals surface area contributed by atoms with E-state index in [0.717, 1.165) is 21.7 Å². The van der Waals surface area contributed by atoms with Gasteiger partial charge in [-0.1, -0.05) is 40.6 Å². The van der Waals surface area contributed by atoms with Crippen molar-refractivity contribution in [1.29, 1.82) is 0 Å². The summed E-state index contributed by atoms with van der Waals surface area (Å²) in [5.41, 5.74) is 0.752. The second-order valence-electron chi connectivity index (χ2n) is 6.48. The largest absolute Gasteiger partial charge is 0.308 e. The molecule has 2 aromatic carbocycles. The fourth-order valence-corrected chi connectivity index (χ4v) is 4.84. The number of fused-ring (bicyclic) bond motifs is 1. The molecule has 0 aliphatic carbocycles. The molecule has 3 aromatic rings. The molecule has 0 fully saturated rings. The normalized spacial score (nSPS) is 10.9. The first kappa shape index (κ1) is 24.3. The van der Waals surface area contributed by atoms with E-state index in [1.165, 1.54) is 11.3 Å². The molecular weight excluding hydrogens is 469 g/mol. The van der Waals surface area contributed by atoms with E-state index >= 15 is 0 Å². The van der Waals surface area contributed by atoms with Gasteiger partial charge in [-0.25, -0.2) is 4.98 Å². The summed E-state index contributed by atoms with van der Waals surface area (Å²) in [6.45, 7) is 1.36. The second-order valence-corrected chi connectivity index (χ2v) is 9.51. The van der Waals surface area contributed by atoms with Crippen LogP contribution in [-0.4, -0.2) is 48.7 Å². The van der Waals surface area contributed by atoms with Gasteiger partial charge in [0.15, 0.2) is 5.13 Å². The third-order valence-corrected chi connectivity index (χ3v) is 6.67. The minimum atomic E-state index is 0. The smallest absolute Gasteiger partial charge is 0.229 e. The molecule has 0 aliphatic rings. The van der Waals surface area contributed by atoms with Crippen molar-refractivity contribution in [1.82, 2.24) is 9.88 Å². The van der Waals surface area contributed by atoms with Crippen LogP contribution in [0.3, 0.4) is 0 Å². The SMILES string of the molecule is CN(C)CCN(C(=O)CCSc1ccc(Cl)cc1)c1nc2c(Cl)cccc2s1.Cl. The summed E-state index contributed by atoms with van der Waals surface area (Å²) < 4.78 is 0.987. The molecule has 0 N–H and O–H groups in total. The highest BCUT2D eigenvalue weighted by molar-refractivity contribution is 7.99. The Balaban J connectivity index is 0.00000300. The minimum Gasteiger partial charge on any atom is -0.308 e. The number of nitrogens with zero attached hydrogens (tertiary/aromatic N) is 3. The van der Waals surface area contributed by atoms with Crippen molar-refractivity contribution in [2.24, 2.45) is 0 Å². The molecule has 1 amide bonds. The van der Waals surface area contributed by atoms with E-state index in [4.69, 9.17) is 23.2 Å². The molecule has 4 nitrogen and oxygen atoms in total. The molecule has 0 radical (unpaired) electrons. The summed E-state index contributed by atoms with van der Waals surface area (Å²) in [7, 11) is 3.99. The van der Waals surface area contributed by atoms with Crippen LogP contribution in [0.25, 0.3) is 10.2 Å². The third kappa shape index (κ3) is 6.74. The van der Waals surface area contributed by atoms with Crippen molar-refractivity contribution in [2.75, 3.05) is 37.8 Å². The number of carbonyl (C=O) groups is 1. The zero-order chi connectivity index (χ0) is 20.1. The number of aromatic nitrogens is 1. The molecule has 29 heavy (non-hydrogen) atoms. The molecule has 156 valence electrons. The number of carbonyl (C=O) groups excluding carboxylic acids is 1. The maximum atomic E-state index is 13.0. The zero-order valence-electron chi connectivity index (χ0n) is 16.1. The van der Waals surface area contributed by atoms with E-state index in [2.05, 4.69) is 9.88 Å². The highest BCUT2D eigenvalue weighted by Gasteiger charge is 2.20. The number of para-hydroxylation sites is 1. The van der Waals surface area contributed by atoms with Crippen LogP contribution in [0.2, 0.25) is 10.0 Å². The predicted molar refractivity (Wildman–Crippen MR) is 130 cm³/mol. The quantitative estimate of drug-likeness (QED) is 0.357. The Labute approximate surface area is 195 Å². The Morgan fingerprint density at radius 1 is 1.10 bits per heavy atom. The van der Waals surface area contributed by atoms with Crippen molar-refractivity contribution in [2.45, 2.75) is 11.3 Å². The number of hydrogen-bond acceptors (Lipinski definition) is 5. The van der Waals surface area contributed by atoms with Crippen LogP contribution in [-0.2, 0) is 4.79 Å². The number of likely N-dealkylation sites (N-methyl/N-ethyl adjacent to an activating group) is 1. The van der Waals surface area contributed by atoms with Crippen LogP contribution in [0.4, 0.5) is 5.13 Å². The van der Waals surface area contributed by atoms with Gasteiger partial charge in [0.25, 0.3) is 0 Å². The second kappa shape index (κ2) is 11.4. The molecule has 0 bridgehead atoms. The fraction of sp³-hybridized carbons (Fsp3) is 0.300.